The summed E-state index contributed by atoms with van der Waals surface area (Å²) in [5.41, 5.74) is -6.06. The van der Waals surface area contributed by atoms with Gasteiger partial charge in [-0.3, -0.25) is 9.89 Å². The Morgan fingerprint density at radius 3 is 2.00 bits per heavy atom. The number of nitrogens with zero attached hydrogens (tertiary/aromatic N) is 3. The van der Waals surface area contributed by atoms with E-state index in [0.29, 0.717) is 23.8 Å². The monoisotopic (exact) mass is 397 g/mol. The lowest BCUT2D eigenvalue weighted by Gasteiger charge is -2.33. The Kier molecular flexibility index (Phi) is 5.46. The first-order valence-corrected chi connectivity index (χ1v) is 7.75. The van der Waals surface area contributed by atoms with E-state index in [1.54, 1.807) is 0 Å². The van der Waals surface area contributed by atoms with E-state index in [4.69, 9.17) is 4.84 Å². The number of hydrogen-bond acceptors (Lipinski definition) is 4. The van der Waals surface area contributed by atoms with Crippen molar-refractivity contribution >= 4 is 17.4 Å². The second-order valence-corrected chi connectivity index (χ2v) is 6.11. The SMILES string of the molecule is CO/N=C1/CN=C(C(C)C)N1c1ccc(C(O)(C(F)(F)F)C(F)(F)F)cc1. The summed E-state index contributed by atoms with van der Waals surface area (Å²) in [4.78, 5) is 10.5. The molecule has 0 saturated heterocycles. The Morgan fingerprint density at radius 2 is 1.59 bits per heavy atom. The number of hydrogen-bond donors (Lipinski definition) is 1. The van der Waals surface area contributed by atoms with Crippen LogP contribution in [0.3, 0.4) is 0 Å². The lowest BCUT2D eigenvalue weighted by molar-refractivity contribution is -0.376. The van der Waals surface area contributed by atoms with Crippen molar-refractivity contribution in [2.45, 2.75) is 31.8 Å². The maximum absolute atomic E-state index is 13.0. The molecule has 1 aromatic carbocycles. The van der Waals surface area contributed by atoms with Crippen molar-refractivity contribution in [2.24, 2.45) is 16.1 Å². The Labute approximate surface area is 150 Å². The zero-order valence-corrected chi connectivity index (χ0v) is 14.6. The number of rotatable bonds is 4. The van der Waals surface area contributed by atoms with E-state index in [1.165, 1.54) is 12.0 Å². The Hall–Kier alpha value is -2.30. The van der Waals surface area contributed by atoms with E-state index in [9.17, 15) is 31.4 Å². The minimum Gasteiger partial charge on any atom is -0.398 e. The van der Waals surface area contributed by atoms with Crippen molar-refractivity contribution in [3.05, 3.63) is 29.8 Å². The molecule has 2 rings (SSSR count). The summed E-state index contributed by atoms with van der Waals surface area (Å²) in [6.45, 7) is 3.79. The molecule has 0 aromatic heterocycles. The minimum absolute atomic E-state index is 0.0866. The molecule has 0 fully saturated rings. The lowest BCUT2D eigenvalue weighted by atomic mass is 9.92. The van der Waals surface area contributed by atoms with Gasteiger partial charge in [0, 0.05) is 17.2 Å². The zero-order chi connectivity index (χ0) is 20.6. The van der Waals surface area contributed by atoms with Crippen LogP contribution in [0.4, 0.5) is 32.0 Å². The first-order chi connectivity index (χ1) is 12.3. The third-order valence-electron chi connectivity index (χ3n) is 3.95. The fourth-order valence-electron chi connectivity index (χ4n) is 2.66. The summed E-state index contributed by atoms with van der Waals surface area (Å²) in [6.07, 6.45) is -11.9. The van der Waals surface area contributed by atoms with E-state index in [-0.39, 0.29) is 18.2 Å². The van der Waals surface area contributed by atoms with E-state index >= 15 is 0 Å². The van der Waals surface area contributed by atoms with Gasteiger partial charge in [0.25, 0.3) is 5.60 Å². The normalized spacial score (nSPS) is 17.7. The molecule has 0 saturated carbocycles. The molecule has 0 aliphatic carbocycles. The van der Waals surface area contributed by atoms with Crippen molar-refractivity contribution in [1.29, 1.82) is 0 Å². The van der Waals surface area contributed by atoms with Crippen LogP contribution in [0.25, 0.3) is 0 Å². The smallest absolute Gasteiger partial charge is 0.398 e. The average Bonchev–Trinajstić information content (AvgIpc) is 2.96. The molecule has 0 spiro atoms. The molecule has 27 heavy (non-hydrogen) atoms. The summed E-state index contributed by atoms with van der Waals surface area (Å²) >= 11 is 0. The highest BCUT2D eigenvalue weighted by Crippen LogP contribution is 2.50. The van der Waals surface area contributed by atoms with Gasteiger partial charge in [-0.15, -0.1) is 0 Å². The zero-order valence-electron chi connectivity index (χ0n) is 14.6. The summed E-state index contributed by atoms with van der Waals surface area (Å²) in [7, 11) is 1.30. The molecule has 1 N–H and O–H groups in total. The molecular formula is C16H17F6N3O2. The van der Waals surface area contributed by atoms with Crippen molar-refractivity contribution in [1.82, 2.24) is 0 Å². The van der Waals surface area contributed by atoms with E-state index in [2.05, 4.69) is 10.1 Å². The molecule has 1 aliphatic heterocycles. The Balaban J connectivity index is 2.50. The quantitative estimate of drug-likeness (QED) is 0.621. The van der Waals surface area contributed by atoms with Crippen LogP contribution in [0.5, 0.6) is 0 Å². The van der Waals surface area contributed by atoms with Crippen molar-refractivity contribution < 1.29 is 36.3 Å². The molecule has 0 radical (unpaired) electrons. The molecule has 5 nitrogen and oxygen atoms in total. The van der Waals surface area contributed by atoms with Crippen molar-refractivity contribution in [3.63, 3.8) is 0 Å². The van der Waals surface area contributed by atoms with Crippen LogP contribution in [0, 0.1) is 5.92 Å². The molecule has 1 heterocycles. The summed E-state index contributed by atoms with van der Waals surface area (Å²) in [5, 5.41) is 13.2. The fourth-order valence-corrected chi connectivity index (χ4v) is 2.66. The maximum atomic E-state index is 13.0. The number of aliphatic imine (C=N–C) groups is 1. The van der Waals surface area contributed by atoms with Crippen LogP contribution < -0.4 is 4.90 Å². The first-order valence-electron chi connectivity index (χ1n) is 7.75. The van der Waals surface area contributed by atoms with Crippen LogP contribution in [-0.2, 0) is 10.4 Å². The van der Waals surface area contributed by atoms with Gasteiger partial charge in [-0.2, -0.15) is 26.3 Å². The minimum atomic E-state index is -5.94. The van der Waals surface area contributed by atoms with Crippen LogP contribution in [-0.4, -0.2) is 42.8 Å². The van der Waals surface area contributed by atoms with E-state index < -0.39 is 23.5 Å². The highest BCUT2D eigenvalue weighted by Gasteiger charge is 2.71. The van der Waals surface area contributed by atoms with Gasteiger partial charge in [0.2, 0.25) is 0 Å². The number of benzene rings is 1. The number of amidine groups is 2. The number of halogens is 6. The topological polar surface area (TPSA) is 57.4 Å². The van der Waals surface area contributed by atoms with Gasteiger partial charge in [-0.25, -0.2) is 0 Å². The van der Waals surface area contributed by atoms with Gasteiger partial charge in [0.05, 0.1) is 0 Å². The van der Waals surface area contributed by atoms with Gasteiger partial charge in [-0.1, -0.05) is 31.1 Å². The summed E-state index contributed by atoms with van der Waals surface area (Å²) < 4.78 is 77.9. The molecule has 0 bridgehead atoms. The lowest BCUT2D eigenvalue weighted by Crippen LogP contribution is -2.53. The van der Waals surface area contributed by atoms with Crippen LogP contribution in [0.15, 0.2) is 34.4 Å². The van der Waals surface area contributed by atoms with Gasteiger partial charge in [0.15, 0.2) is 5.84 Å². The van der Waals surface area contributed by atoms with Crippen LogP contribution >= 0.6 is 0 Å². The molecular weight excluding hydrogens is 380 g/mol. The number of anilines is 1. The number of oxime groups is 1. The van der Waals surface area contributed by atoms with Crippen molar-refractivity contribution in [2.75, 3.05) is 18.6 Å². The second kappa shape index (κ2) is 7.02. The molecule has 1 aliphatic rings. The predicted octanol–water partition coefficient (Wildman–Crippen LogP) is 3.83. The maximum Gasteiger partial charge on any atom is 0.430 e. The van der Waals surface area contributed by atoms with Crippen molar-refractivity contribution in [3.8, 4) is 0 Å². The van der Waals surface area contributed by atoms with Gasteiger partial charge < -0.3 is 9.94 Å². The summed E-state index contributed by atoms with van der Waals surface area (Å²) in [5.74, 6) is 0.771. The molecule has 0 unspecified atom stereocenters. The van der Waals surface area contributed by atoms with Gasteiger partial charge >= 0.3 is 12.4 Å². The van der Waals surface area contributed by atoms with E-state index in [0.717, 1.165) is 12.1 Å². The third-order valence-corrected chi connectivity index (χ3v) is 3.95. The Bertz CT molecular complexity index is 724. The largest absolute Gasteiger partial charge is 0.430 e. The number of alkyl halides is 6. The number of aliphatic hydroxyl groups is 1. The predicted molar refractivity (Wildman–Crippen MR) is 86.5 cm³/mol. The standard InChI is InChI=1S/C16H17F6N3O2/c1-9(2)13-23-8-12(24-27-3)25(13)11-6-4-10(5-7-11)14(26,15(17,18)19)16(20,21)22/h4-7,9,26H,8H2,1-3H3/b24-12-. The van der Waals surface area contributed by atoms with Gasteiger partial charge in [-0.05, 0) is 12.1 Å². The third kappa shape index (κ3) is 3.60. The Morgan fingerprint density at radius 1 is 1.07 bits per heavy atom. The first kappa shape index (κ1) is 21.0. The molecule has 0 atom stereocenters. The highest BCUT2D eigenvalue weighted by molar-refractivity contribution is 6.23. The highest BCUT2D eigenvalue weighted by atomic mass is 19.4. The molecule has 0 amide bonds. The summed E-state index contributed by atoms with van der Waals surface area (Å²) in [6, 6.07) is 3.23. The second-order valence-electron chi connectivity index (χ2n) is 6.11. The van der Waals surface area contributed by atoms with Gasteiger partial charge in [0.1, 0.15) is 19.5 Å². The van der Waals surface area contributed by atoms with Crippen LogP contribution in [0.2, 0.25) is 0 Å². The molecule has 150 valence electrons. The molecule has 11 heteroatoms. The van der Waals surface area contributed by atoms with Crippen LogP contribution in [0.1, 0.15) is 19.4 Å². The van der Waals surface area contributed by atoms with E-state index in [1.807, 2.05) is 13.8 Å². The average molecular weight is 397 g/mol. The fraction of sp³-hybridized carbons (Fsp3) is 0.500. The molecule has 1 aromatic rings.